The van der Waals surface area contributed by atoms with Gasteiger partial charge in [-0.25, -0.2) is 4.98 Å². The summed E-state index contributed by atoms with van der Waals surface area (Å²) in [5, 5.41) is 9.52. The number of aryl methyl sites for hydroxylation is 1. The first-order valence-corrected chi connectivity index (χ1v) is 6.52. The third-order valence-corrected chi connectivity index (χ3v) is 3.39. The molecule has 0 aromatic carbocycles. The zero-order chi connectivity index (χ0) is 13.0. The van der Waals surface area contributed by atoms with Crippen LogP contribution in [0.5, 0.6) is 5.88 Å². The Hall–Kier alpha value is -1.88. The molecule has 2 rings (SSSR count). The van der Waals surface area contributed by atoms with E-state index in [-0.39, 0.29) is 5.84 Å². The van der Waals surface area contributed by atoms with E-state index in [1.807, 2.05) is 24.4 Å². The van der Waals surface area contributed by atoms with Gasteiger partial charge < -0.3 is 10.5 Å². The quantitative estimate of drug-likeness (QED) is 0.641. The molecule has 0 saturated heterocycles. The Balaban J connectivity index is 2.03. The summed E-state index contributed by atoms with van der Waals surface area (Å²) in [5.41, 5.74) is 6.90. The van der Waals surface area contributed by atoms with Crippen LogP contribution >= 0.6 is 11.3 Å². The maximum Gasteiger partial charge on any atom is 0.224 e. The van der Waals surface area contributed by atoms with Crippen molar-refractivity contribution in [1.82, 2.24) is 4.98 Å². The lowest BCUT2D eigenvalue weighted by molar-refractivity contribution is 0.309. The SMILES string of the molecule is Cc1ccc(C(=N)N)c(OCCc2cccs2)n1. The number of thiophene rings is 1. The smallest absolute Gasteiger partial charge is 0.224 e. The number of nitrogens with one attached hydrogen (secondary N) is 1. The summed E-state index contributed by atoms with van der Waals surface area (Å²) < 4.78 is 5.63. The molecule has 18 heavy (non-hydrogen) atoms. The van der Waals surface area contributed by atoms with Crippen LogP contribution in [0, 0.1) is 12.3 Å². The van der Waals surface area contributed by atoms with Crippen LogP contribution in [0.3, 0.4) is 0 Å². The standard InChI is InChI=1S/C13H15N3OS/c1-9-4-5-11(12(14)15)13(16-9)17-7-6-10-3-2-8-18-10/h2-5,8H,6-7H2,1H3,(H3,14,15). The average Bonchev–Trinajstić information content (AvgIpc) is 2.82. The summed E-state index contributed by atoms with van der Waals surface area (Å²) in [6, 6.07) is 7.68. The van der Waals surface area contributed by atoms with Crippen LogP contribution in [0.15, 0.2) is 29.6 Å². The molecule has 2 heterocycles. The van der Waals surface area contributed by atoms with Gasteiger partial charge in [0.2, 0.25) is 5.88 Å². The van der Waals surface area contributed by atoms with Crippen molar-refractivity contribution >= 4 is 17.2 Å². The molecule has 5 heteroatoms. The highest BCUT2D eigenvalue weighted by molar-refractivity contribution is 7.09. The largest absolute Gasteiger partial charge is 0.477 e. The maximum absolute atomic E-state index is 7.48. The second kappa shape index (κ2) is 5.64. The Kier molecular flexibility index (Phi) is 3.94. The molecule has 0 aliphatic carbocycles. The second-order valence-electron chi connectivity index (χ2n) is 3.90. The number of rotatable bonds is 5. The fourth-order valence-electron chi connectivity index (χ4n) is 1.55. The molecular formula is C13H15N3OS. The van der Waals surface area contributed by atoms with E-state index in [0.29, 0.717) is 18.1 Å². The second-order valence-corrected chi connectivity index (χ2v) is 4.93. The van der Waals surface area contributed by atoms with E-state index in [2.05, 4.69) is 11.1 Å². The third kappa shape index (κ3) is 3.07. The molecular weight excluding hydrogens is 246 g/mol. The summed E-state index contributed by atoms with van der Waals surface area (Å²) in [7, 11) is 0. The highest BCUT2D eigenvalue weighted by Crippen LogP contribution is 2.16. The fraction of sp³-hybridized carbons (Fsp3) is 0.231. The number of hydrogen-bond donors (Lipinski definition) is 2. The molecule has 0 saturated carbocycles. The van der Waals surface area contributed by atoms with Gasteiger partial charge in [0.15, 0.2) is 0 Å². The van der Waals surface area contributed by atoms with Crippen molar-refractivity contribution in [3.8, 4) is 5.88 Å². The van der Waals surface area contributed by atoms with Crippen molar-refractivity contribution in [3.63, 3.8) is 0 Å². The van der Waals surface area contributed by atoms with E-state index in [1.165, 1.54) is 4.88 Å². The predicted molar refractivity (Wildman–Crippen MR) is 73.5 cm³/mol. The molecule has 0 amide bonds. The van der Waals surface area contributed by atoms with Crippen LogP contribution in [0.2, 0.25) is 0 Å². The first kappa shape index (κ1) is 12.6. The number of hydrogen-bond acceptors (Lipinski definition) is 4. The number of amidine groups is 1. The van der Waals surface area contributed by atoms with Crippen LogP contribution in [-0.4, -0.2) is 17.4 Å². The van der Waals surface area contributed by atoms with Gasteiger partial charge in [0.25, 0.3) is 0 Å². The van der Waals surface area contributed by atoms with Gasteiger partial charge in [-0.15, -0.1) is 11.3 Å². The molecule has 0 aliphatic rings. The maximum atomic E-state index is 7.48. The molecule has 94 valence electrons. The van der Waals surface area contributed by atoms with Crippen LogP contribution in [0.4, 0.5) is 0 Å². The van der Waals surface area contributed by atoms with E-state index in [0.717, 1.165) is 12.1 Å². The Bertz CT molecular complexity index is 537. The summed E-state index contributed by atoms with van der Waals surface area (Å²) in [5.74, 6) is 0.424. The fourth-order valence-corrected chi connectivity index (χ4v) is 2.24. The molecule has 0 fully saturated rings. The van der Waals surface area contributed by atoms with Gasteiger partial charge >= 0.3 is 0 Å². The lowest BCUT2D eigenvalue weighted by atomic mass is 10.2. The zero-order valence-electron chi connectivity index (χ0n) is 10.1. The lowest BCUT2D eigenvalue weighted by Gasteiger charge is -2.09. The molecule has 0 spiro atoms. The monoisotopic (exact) mass is 261 g/mol. The minimum atomic E-state index is -0.0198. The molecule has 0 aliphatic heterocycles. The van der Waals surface area contributed by atoms with Gasteiger partial charge in [-0.1, -0.05) is 6.07 Å². The van der Waals surface area contributed by atoms with E-state index in [4.69, 9.17) is 15.9 Å². The van der Waals surface area contributed by atoms with Crippen molar-refractivity contribution < 1.29 is 4.74 Å². The van der Waals surface area contributed by atoms with Gasteiger partial charge in [0.1, 0.15) is 5.84 Å². The summed E-state index contributed by atoms with van der Waals surface area (Å²) in [6.45, 7) is 2.42. The summed E-state index contributed by atoms with van der Waals surface area (Å²) in [6.07, 6.45) is 0.838. The van der Waals surface area contributed by atoms with E-state index in [9.17, 15) is 0 Å². The van der Waals surface area contributed by atoms with Gasteiger partial charge in [0.05, 0.1) is 12.2 Å². The van der Waals surface area contributed by atoms with Gasteiger partial charge in [0, 0.05) is 17.0 Å². The molecule has 0 bridgehead atoms. The van der Waals surface area contributed by atoms with Crippen molar-refractivity contribution in [1.29, 1.82) is 5.41 Å². The molecule has 4 nitrogen and oxygen atoms in total. The average molecular weight is 261 g/mol. The first-order chi connectivity index (χ1) is 8.66. The van der Waals surface area contributed by atoms with E-state index in [1.54, 1.807) is 17.4 Å². The van der Waals surface area contributed by atoms with Crippen molar-refractivity contribution in [2.45, 2.75) is 13.3 Å². The van der Waals surface area contributed by atoms with Crippen LogP contribution < -0.4 is 10.5 Å². The Morgan fingerprint density at radius 1 is 1.44 bits per heavy atom. The van der Waals surface area contributed by atoms with Crippen LogP contribution in [-0.2, 0) is 6.42 Å². The highest BCUT2D eigenvalue weighted by atomic mass is 32.1. The van der Waals surface area contributed by atoms with Crippen molar-refractivity contribution in [3.05, 3.63) is 45.8 Å². The number of aromatic nitrogens is 1. The molecule has 0 atom stereocenters. The number of ether oxygens (including phenoxy) is 1. The van der Waals surface area contributed by atoms with E-state index >= 15 is 0 Å². The first-order valence-electron chi connectivity index (χ1n) is 5.64. The van der Waals surface area contributed by atoms with Gasteiger partial charge in [-0.3, -0.25) is 5.41 Å². The van der Waals surface area contributed by atoms with Gasteiger partial charge in [-0.05, 0) is 30.5 Å². The number of nitrogens with zero attached hydrogens (tertiary/aromatic N) is 1. The van der Waals surface area contributed by atoms with Gasteiger partial charge in [-0.2, -0.15) is 0 Å². The Labute approximate surface area is 110 Å². The Morgan fingerprint density at radius 2 is 2.28 bits per heavy atom. The molecule has 0 radical (unpaired) electrons. The predicted octanol–water partition coefficient (Wildman–Crippen LogP) is 2.36. The third-order valence-electron chi connectivity index (χ3n) is 2.46. The van der Waals surface area contributed by atoms with Crippen LogP contribution in [0.1, 0.15) is 16.1 Å². The summed E-state index contributed by atoms with van der Waals surface area (Å²) >= 11 is 1.70. The molecule has 3 N–H and O–H groups in total. The topological polar surface area (TPSA) is 72.0 Å². The molecule has 0 unspecified atom stereocenters. The molecule has 2 aromatic heterocycles. The normalized spacial score (nSPS) is 10.3. The number of pyridine rings is 1. The van der Waals surface area contributed by atoms with Crippen molar-refractivity contribution in [2.75, 3.05) is 6.61 Å². The zero-order valence-corrected chi connectivity index (χ0v) is 11.0. The lowest BCUT2D eigenvalue weighted by Crippen LogP contribution is -2.15. The Morgan fingerprint density at radius 3 is 2.94 bits per heavy atom. The molecule has 2 aromatic rings. The van der Waals surface area contributed by atoms with Crippen molar-refractivity contribution in [2.24, 2.45) is 5.73 Å². The number of nitrogens with two attached hydrogens (primary N) is 1. The minimum Gasteiger partial charge on any atom is -0.477 e. The summed E-state index contributed by atoms with van der Waals surface area (Å²) in [4.78, 5) is 5.54. The van der Waals surface area contributed by atoms with Crippen LogP contribution in [0.25, 0.3) is 0 Å². The highest BCUT2D eigenvalue weighted by Gasteiger charge is 2.08. The number of nitrogen functional groups attached to an aromatic ring is 1. The van der Waals surface area contributed by atoms with E-state index < -0.39 is 0 Å². The minimum absolute atomic E-state index is 0.0198.